The van der Waals surface area contributed by atoms with Gasteiger partial charge in [-0.05, 0) is 54.8 Å². The maximum atomic E-state index is 10.8. The molecule has 0 spiro atoms. The van der Waals surface area contributed by atoms with Crippen LogP contribution in [-0.2, 0) is 0 Å². The van der Waals surface area contributed by atoms with Gasteiger partial charge in [-0.1, -0.05) is 5.16 Å². The van der Waals surface area contributed by atoms with Gasteiger partial charge in [0.25, 0.3) is 5.69 Å². The van der Waals surface area contributed by atoms with E-state index in [0.29, 0.717) is 5.76 Å². The van der Waals surface area contributed by atoms with Gasteiger partial charge in [0.2, 0.25) is 0 Å². The first-order valence-corrected chi connectivity index (χ1v) is 7.36. The Morgan fingerprint density at radius 2 is 1.83 bits per heavy atom. The lowest BCUT2D eigenvalue weighted by molar-refractivity contribution is -0.384. The van der Waals surface area contributed by atoms with Crippen LogP contribution in [0, 0.1) is 24.0 Å². The maximum absolute atomic E-state index is 10.8. The van der Waals surface area contributed by atoms with Gasteiger partial charge in [0.15, 0.2) is 5.76 Å². The summed E-state index contributed by atoms with van der Waals surface area (Å²) in [4.78, 5) is 10.4. The topological polar surface area (TPSA) is 78.4 Å². The van der Waals surface area contributed by atoms with Gasteiger partial charge in [-0.15, -0.1) is 0 Å². The van der Waals surface area contributed by atoms with E-state index in [0.717, 1.165) is 33.6 Å². The van der Waals surface area contributed by atoms with E-state index in [1.165, 1.54) is 12.1 Å². The summed E-state index contributed by atoms with van der Waals surface area (Å²) in [7, 11) is 1.63. The normalized spacial score (nSPS) is 10.6. The molecule has 0 aliphatic heterocycles. The van der Waals surface area contributed by atoms with Crippen LogP contribution in [0.15, 0.2) is 47.1 Å². The van der Waals surface area contributed by atoms with Gasteiger partial charge in [-0.2, -0.15) is 0 Å². The van der Waals surface area contributed by atoms with E-state index in [1.54, 1.807) is 25.4 Å². The number of aromatic nitrogens is 1. The number of benzene rings is 2. The van der Waals surface area contributed by atoms with Crippen LogP contribution in [0.3, 0.4) is 0 Å². The lowest BCUT2D eigenvalue weighted by atomic mass is 9.98. The molecule has 1 aromatic heterocycles. The van der Waals surface area contributed by atoms with Crippen molar-refractivity contribution in [3.8, 4) is 28.2 Å². The Morgan fingerprint density at radius 1 is 1.12 bits per heavy atom. The molecule has 0 fully saturated rings. The molecule has 24 heavy (non-hydrogen) atoms. The van der Waals surface area contributed by atoms with Crippen LogP contribution < -0.4 is 4.74 Å². The van der Waals surface area contributed by atoms with Gasteiger partial charge < -0.3 is 9.26 Å². The number of nitro benzene ring substituents is 1. The number of rotatable bonds is 4. The number of ether oxygens (including phenoxy) is 1. The Bertz CT molecular complexity index is 898. The molecule has 6 heteroatoms. The van der Waals surface area contributed by atoms with E-state index < -0.39 is 4.92 Å². The Hall–Kier alpha value is -3.15. The summed E-state index contributed by atoms with van der Waals surface area (Å²) in [6, 6.07) is 10.2. The zero-order chi connectivity index (χ0) is 17.3. The minimum absolute atomic E-state index is 0.0459. The summed E-state index contributed by atoms with van der Waals surface area (Å²) in [6.45, 7) is 4.00. The van der Waals surface area contributed by atoms with E-state index in [4.69, 9.17) is 9.26 Å². The molecular weight excluding hydrogens is 308 g/mol. The van der Waals surface area contributed by atoms with Crippen LogP contribution >= 0.6 is 0 Å². The molecule has 0 saturated heterocycles. The smallest absolute Gasteiger partial charge is 0.269 e. The minimum atomic E-state index is -0.424. The standard InChI is InChI=1S/C18H16N2O4/c1-11-8-14(9-17(23-3)12(11)2)18-16(10-19-24-18)13-4-6-15(7-5-13)20(21)22/h4-10H,1-3H3. The van der Waals surface area contributed by atoms with Crippen molar-refractivity contribution in [2.24, 2.45) is 0 Å². The minimum Gasteiger partial charge on any atom is -0.496 e. The van der Waals surface area contributed by atoms with Gasteiger partial charge in [0.1, 0.15) is 5.75 Å². The fourth-order valence-electron chi connectivity index (χ4n) is 2.59. The average molecular weight is 324 g/mol. The van der Waals surface area contributed by atoms with Gasteiger partial charge in [0.05, 0.1) is 18.2 Å². The Labute approximate surface area is 138 Å². The van der Waals surface area contributed by atoms with Crippen LogP contribution in [0.1, 0.15) is 11.1 Å². The highest BCUT2D eigenvalue weighted by Gasteiger charge is 2.16. The van der Waals surface area contributed by atoms with Gasteiger partial charge in [-0.25, -0.2) is 0 Å². The molecule has 0 N–H and O–H groups in total. The highest BCUT2D eigenvalue weighted by molar-refractivity contribution is 5.80. The van der Waals surface area contributed by atoms with Gasteiger partial charge >= 0.3 is 0 Å². The van der Waals surface area contributed by atoms with E-state index >= 15 is 0 Å². The Kier molecular flexibility index (Phi) is 4.04. The number of hydrogen-bond acceptors (Lipinski definition) is 5. The summed E-state index contributed by atoms with van der Waals surface area (Å²) in [5.74, 6) is 1.38. The van der Waals surface area contributed by atoms with Crippen molar-refractivity contribution in [1.29, 1.82) is 0 Å². The average Bonchev–Trinajstić information content (AvgIpc) is 3.07. The first-order chi connectivity index (χ1) is 11.5. The zero-order valence-corrected chi connectivity index (χ0v) is 13.6. The third kappa shape index (κ3) is 2.74. The number of nitro groups is 1. The lowest BCUT2D eigenvalue weighted by Crippen LogP contribution is -1.92. The summed E-state index contributed by atoms with van der Waals surface area (Å²) in [6.07, 6.45) is 1.61. The molecule has 0 saturated carbocycles. The van der Waals surface area contributed by atoms with Crippen molar-refractivity contribution in [1.82, 2.24) is 5.16 Å². The molecule has 0 unspecified atom stereocenters. The molecule has 122 valence electrons. The fraction of sp³-hybridized carbons (Fsp3) is 0.167. The molecule has 3 rings (SSSR count). The summed E-state index contributed by atoms with van der Waals surface area (Å²) >= 11 is 0. The van der Waals surface area contributed by atoms with E-state index in [1.807, 2.05) is 26.0 Å². The number of aryl methyl sites for hydroxylation is 1. The van der Waals surface area contributed by atoms with Gasteiger partial charge in [-0.3, -0.25) is 10.1 Å². The molecule has 0 aliphatic rings. The fourth-order valence-corrected chi connectivity index (χ4v) is 2.59. The van der Waals surface area contributed by atoms with E-state index in [9.17, 15) is 10.1 Å². The number of methoxy groups -OCH3 is 1. The Morgan fingerprint density at radius 3 is 2.46 bits per heavy atom. The predicted octanol–water partition coefficient (Wildman–Crippen LogP) is 4.54. The van der Waals surface area contributed by atoms with Crippen molar-refractivity contribution < 1.29 is 14.2 Å². The molecule has 0 atom stereocenters. The third-order valence-electron chi connectivity index (χ3n) is 4.06. The SMILES string of the molecule is COc1cc(-c2oncc2-c2ccc([N+](=O)[O-])cc2)cc(C)c1C. The predicted molar refractivity (Wildman–Crippen MR) is 90.1 cm³/mol. The number of hydrogen-bond donors (Lipinski definition) is 0. The molecule has 0 aliphatic carbocycles. The number of non-ortho nitro benzene ring substituents is 1. The van der Waals surface area contributed by atoms with Crippen LogP contribution in [0.25, 0.3) is 22.5 Å². The third-order valence-corrected chi connectivity index (χ3v) is 4.06. The molecular formula is C18H16N2O4. The van der Waals surface area contributed by atoms with Crippen LogP contribution in [0.4, 0.5) is 5.69 Å². The van der Waals surface area contributed by atoms with Crippen LogP contribution in [0.2, 0.25) is 0 Å². The van der Waals surface area contributed by atoms with Crippen LogP contribution in [0.5, 0.6) is 5.75 Å². The van der Waals surface area contributed by atoms with E-state index in [2.05, 4.69) is 5.16 Å². The highest BCUT2D eigenvalue weighted by atomic mass is 16.6. The molecule has 0 radical (unpaired) electrons. The van der Waals surface area contributed by atoms with Crippen molar-refractivity contribution in [2.75, 3.05) is 7.11 Å². The quantitative estimate of drug-likeness (QED) is 0.520. The molecule has 1 heterocycles. The maximum Gasteiger partial charge on any atom is 0.269 e. The van der Waals surface area contributed by atoms with Crippen LogP contribution in [-0.4, -0.2) is 17.2 Å². The summed E-state index contributed by atoms with van der Waals surface area (Å²) < 4.78 is 10.9. The number of nitrogens with zero attached hydrogens (tertiary/aromatic N) is 2. The summed E-state index contributed by atoms with van der Waals surface area (Å²) in [5, 5.41) is 14.7. The van der Waals surface area contributed by atoms with Crippen molar-refractivity contribution in [3.05, 3.63) is 63.8 Å². The van der Waals surface area contributed by atoms with Crippen molar-refractivity contribution in [2.45, 2.75) is 13.8 Å². The second-order valence-electron chi connectivity index (χ2n) is 5.49. The van der Waals surface area contributed by atoms with Crippen molar-refractivity contribution in [3.63, 3.8) is 0 Å². The molecule has 3 aromatic rings. The molecule has 6 nitrogen and oxygen atoms in total. The summed E-state index contributed by atoms with van der Waals surface area (Å²) in [5.41, 5.74) is 4.61. The second kappa shape index (κ2) is 6.16. The lowest BCUT2D eigenvalue weighted by Gasteiger charge is -2.10. The first-order valence-electron chi connectivity index (χ1n) is 7.36. The second-order valence-corrected chi connectivity index (χ2v) is 5.49. The zero-order valence-electron chi connectivity index (χ0n) is 13.6. The van der Waals surface area contributed by atoms with Gasteiger partial charge in [0, 0.05) is 23.3 Å². The Balaban J connectivity index is 2.08. The molecule has 2 aromatic carbocycles. The monoisotopic (exact) mass is 324 g/mol. The highest BCUT2D eigenvalue weighted by Crippen LogP contribution is 2.36. The molecule has 0 bridgehead atoms. The van der Waals surface area contributed by atoms with E-state index in [-0.39, 0.29) is 5.69 Å². The van der Waals surface area contributed by atoms with Crippen molar-refractivity contribution >= 4 is 5.69 Å². The first kappa shape index (κ1) is 15.7. The largest absolute Gasteiger partial charge is 0.496 e. The molecule has 0 amide bonds.